The summed E-state index contributed by atoms with van der Waals surface area (Å²) in [6.07, 6.45) is 0. The van der Waals surface area contributed by atoms with Crippen molar-refractivity contribution in [3.8, 4) is 11.1 Å². The molecule has 0 radical (unpaired) electrons. The minimum atomic E-state index is -1.47. The number of hydrogen-bond donors (Lipinski definition) is 1. The van der Waals surface area contributed by atoms with Crippen molar-refractivity contribution in [3.63, 3.8) is 0 Å². The standard InChI is InChI=1S/C18H14O3/c1-18(21,13-10-6-3-7-11-13)15-14(16(19)17(15)20)12-8-4-2-5-9-12/h2-11,21H,1H3. The van der Waals surface area contributed by atoms with Crippen LogP contribution in [0.3, 0.4) is 0 Å². The van der Waals surface area contributed by atoms with Gasteiger partial charge in [0.15, 0.2) is 0 Å². The minimum Gasteiger partial charge on any atom is -0.381 e. The van der Waals surface area contributed by atoms with E-state index in [4.69, 9.17) is 0 Å². The molecule has 0 saturated heterocycles. The van der Waals surface area contributed by atoms with Crippen molar-refractivity contribution < 1.29 is 5.11 Å². The molecule has 0 heterocycles. The molecule has 1 N–H and O–H groups in total. The van der Waals surface area contributed by atoms with E-state index < -0.39 is 16.5 Å². The molecule has 3 aromatic carbocycles. The van der Waals surface area contributed by atoms with Crippen LogP contribution in [0.25, 0.3) is 11.1 Å². The van der Waals surface area contributed by atoms with E-state index in [-0.39, 0.29) is 5.56 Å². The van der Waals surface area contributed by atoms with Gasteiger partial charge in [-0.3, -0.25) is 9.59 Å². The fraction of sp³-hybridized carbons (Fsp3) is 0.111. The minimum absolute atomic E-state index is 0.171. The lowest BCUT2D eigenvalue weighted by molar-refractivity contribution is 0.100. The molecule has 104 valence electrons. The zero-order valence-corrected chi connectivity index (χ0v) is 11.5. The van der Waals surface area contributed by atoms with E-state index in [1.807, 2.05) is 12.1 Å². The van der Waals surface area contributed by atoms with Gasteiger partial charge in [0.2, 0.25) is 10.9 Å². The first-order valence-corrected chi connectivity index (χ1v) is 6.70. The van der Waals surface area contributed by atoms with Crippen LogP contribution in [0.2, 0.25) is 0 Å². The molecular weight excluding hydrogens is 264 g/mol. The average molecular weight is 278 g/mol. The van der Waals surface area contributed by atoms with Crippen molar-refractivity contribution in [1.29, 1.82) is 0 Å². The monoisotopic (exact) mass is 278 g/mol. The highest BCUT2D eigenvalue weighted by atomic mass is 16.3. The predicted octanol–water partition coefficient (Wildman–Crippen LogP) is 2.21. The Morgan fingerprint density at radius 1 is 0.810 bits per heavy atom. The smallest absolute Gasteiger partial charge is 0.234 e. The van der Waals surface area contributed by atoms with Crippen LogP contribution in [0.15, 0.2) is 70.3 Å². The fourth-order valence-electron chi connectivity index (χ4n) is 2.64. The van der Waals surface area contributed by atoms with E-state index in [0.717, 1.165) is 0 Å². The number of aliphatic hydroxyl groups is 1. The molecule has 1 unspecified atom stereocenters. The predicted molar refractivity (Wildman–Crippen MR) is 81.9 cm³/mol. The Hall–Kier alpha value is -2.52. The summed E-state index contributed by atoms with van der Waals surface area (Å²) in [5.41, 5.74) is -0.880. The third-order valence-electron chi connectivity index (χ3n) is 3.80. The number of rotatable bonds is 3. The van der Waals surface area contributed by atoms with Gasteiger partial charge in [-0.1, -0.05) is 60.7 Å². The molecule has 0 aliphatic heterocycles. The summed E-state index contributed by atoms with van der Waals surface area (Å²) in [4.78, 5) is 23.9. The van der Waals surface area contributed by atoms with E-state index in [1.165, 1.54) is 0 Å². The normalized spacial score (nSPS) is 14.0. The van der Waals surface area contributed by atoms with Gasteiger partial charge in [0, 0.05) is 5.56 Å². The topological polar surface area (TPSA) is 54.4 Å². The maximum atomic E-state index is 12.0. The summed E-state index contributed by atoms with van der Waals surface area (Å²) in [5, 5.41) is 10.8. The zero-order chi connectivity index (χ0) is 15.0. The molecule has 21 heavy (non-hydrogen) atoms. The molecule has 0 fully saturated rings. The van der Waals surface area contributed by atoms with Gasteiger partial charge in [0.1, 0.15) is 5.60 Å². The number of benzene rings is 2. The summed E-state index contributed by atoms with van der Waals surface area (Å²) >= 11 is 0. The Morgan fingerprint density at radius 3 is 1.90 bits per heavy atom. The highest BCUT2D eigenvalue weighted by Gasteiger charge is 2.37. The molecular formula is C18H14O3. The van der Waals surface area contributed by atoms with Gasteiger partial charge in [-0.15, -0.1) is 0 Å². The van der Waals surface area contributed by atoms with Crippen LogP contribution in [-0.2, 0) is 5.60 Å². The average Bonchev–Trinajstić information content (AvgIpc) is 2.53. The van der Waals surface area contributed by atoms with Crippen LogP contribution < -0.4 is 10.9 Å². The molecule has 0 aliphatic rings. The third-order valence-corrected chi connectivity index (χ3v) is 3.80. The quantitative estimate of drug-likeness (QED) is 0.747. The lowest BCUT2D eigenvalue weighted by atomic mass is 9.79. The Bertz CT molecular complexity index is 839. The van der Waals surface area contributed by atoms with Crippen LogP contribution in [-0.4, -0.2) is 5.11 Å². The van der Waals surface area contributed by atoms with Crippen molar-refractivity contribution in [3.05, 3.63) is 92.2 Å². The van der Waals surface area contributed by atoms with Gasteiger partial charge in [-0.25, -0.2) is 0 Å². The van der Waals surface area contributed by atoms with Crippen molar-refractivity contribution in [2.75, 3.05) is 0 Å². The van der Waals surface area contributed by atoms with E-state index in [0.29, 0.717) is 16.7 Å². The molecule has 0 amide bonds. The van der Waals surface area contributed by atoms with Crippen LogP contribution in [0, 0.1) is 0 Å². The lowest BCUT2D eigenvalue weighted by Crippen LogP contribution is -2.45. The van der Waals surface area contributed by atoms with Gasteiger partial charge in [-0.05, 0) is 18.1 Å². The van der Waals surface area contributed by atoms with Crippen LogP contribution >= 0.6 is 0 Å². The summed E-state index contributed by atoms with van der Waals surface area (Å²) < 4.78 is 0. The summed E-state index contributed by atoms with van der Waals surface area (Å²) in [6, 6.07) is 17.9. The maximum absolute atomic E-state index is 12.0. The second-order valence-corrected chi connectivity index (χ2v) is 5.21. The van der Waals surface area contributed by atoms with Crippen molar-refractivity contribution >= 4 is 0 Å². The molecule has 3 aromatic rings. The van der Waals surface area contributed by atoms with Gasteiger partial charge >= 0.3 is 0 Å². The van der Waals surface area contributed by atoms with Crippen LogP contribution in [0.4, 0.5) is 0 Å². The van der Waals surface area contributed by atoms with Gasteiger partial charge in [0.05, 0.1) is 5.56 Å². The Labute approximate surface area is 121 Å². The molecule has 1 atom stereocenters. The number of hydrogen-bond acceptors (Lipinski definition) is 3. The summed E-state index contributed by atoms with van der Waals surface area (Å²) in [7, 11) is 0. The lowest BCUT2D eigenvalue weighted by Gasteiger charge is -2.27. The Morgan fingerprint density at radius 2 is 1.33 bits per heavy atom. The molecule has 0 saturated carbocycles. The van der Waals surface area contributed by atoms with E-state index in [9.17, 15) is 14.7 Å². The molecule has 0 bridgehead atoms. The summed E-state index contributed by atoms with van der Waals surface area (Å²) in [5.74, 6) is 0. The Kier molecular flexibility index (Phi) is 3.07. The molecule has 0 spiro atoms. The molecule has 3 rings (SSSR count). The fourth-order valence-corrected chi connectivity index (χ4v) is 2.64. The van der Waals surface area contributed by atoms with E-state index in [2.05, 4.69) is 0 Å². The van der Waals surface area contributed by atoms with Crippen molar-refractivity contribution in [2.24, 2.45) is 0 Å². The molecule has 0 aliphatic carbocycles. The largest absolute Gasteiger partial charge is 0.381 e. The van der Waals surface area contributed by atoms with E-state index in [1.54, 1.807) is 55.5 Å². The third kappa shape index (κ3) is 2.03. The summed E-state index contributed by atoms with van der Waals surface area (Å²) in [6.45, 7) is 1.55. The second kappa shape index (κ2) is 4.79. The van der Waals surface area contributed by atoms with E-state index >= 15 is 0 Å². The molecule has 0 aromatic heterocycles. The highest BCUT2D eigenvalue weighted by molar-refractivity contribution is 5.72. The highest BCUT2D eigenvalue weighted by Crippen LogP contribution is 2.33. The van der Waals surface area contributed by atoms with Gasteiger partial charge in [0.25, 0.3) is 0 Å². The SMILES string of the molecule is CC(O)(c1ccccc1)c1c(-c2ccccc2)c(=O)c1=O. The second-order valence-electron chi connectivity index (χ2n) is 5.21. The first-order valence-electron chi connectivity index (χ1n) is 6.70. The zero-order valence-electron chi connectivity index (χ0n) is 11.5. The van der Waals surface area contributed by atoms with Gasteiger partial charge < -0.3 is 5.11 Å². The van der Waals surface area contributed by atoms with Crippen LogP contribution in [0.1, 0.15) is 18.1 Å². The van der Waals surface area contributed by atoms with Crippen molar-refractivity contribution in [2.45, 2.75) is 12.5 Å². The van der Waals surface area contributed by atoms with Crippen molar-refractivity contribution in [1.82, 2.24) is 0 Å². The maximum Gasteiger partial charge on any atom is 0.234 e. The molecule has 3 heteroatoms. The van der Waals surface area contributed by atoms with Gasteiger partial charge in [-0.2, -0.15) is 0 Å². The first kappa shape index (κ1) is 13.5. The Balaban J connectivity index is 2.20. The first-order chi connectivity index (χ1) is 10.0. The van der Waals surface area contributed by atoms with Crippen LogP contribution in [0.5, 0.6) is 0 Å². The molecule has 3 nitrogen and oxygen atoms in total.